The van der Waals surface area contributed by atoms with Crippen LogP contribution in [0.3, 0.4) is 0 Å². The summed E-state index contributed by atoms with van der Waals surface area (Å²) in [4.78, 5) is 16.9. The Labute approximate surface area is 159 Å². The minimum Gasteiger partial charge on any atom is -0.479 e. The quantitative estimate of drug-likeness (QED) is 0.731. The lowest BCUT2D eigenvalue weighted by Gasteiger charge is -2.13. The minimum atomic E-state index is -0.940. The minimum absolute atomic E-state index is 0.0825. The maximum atomic E-state index is 11.3. The van der Waals surface area contributed by atoms with Crippen molar-refractivity contribution in [2.45, 2.75) is 44.8 Å². The molecule has 1 aliphatic heterocycles. The molecule has 1 aliphatic rings. The van der Waals surface area contributed by atoms with Crippen LogP contribution < -0.4 is 0 Å². The van der Waals surface area contributed by atoms with Gasteiger partial charge in [0.25, 0.3) is 0 Å². The number of rotatable bonds is 9. The molecule has 0 saturated heterocycles. The van der Waals surface area contributed by atoms with Crippen molar-refractivity contribution in [3.63, 3.8) is 0 Å². The van der Waals surface area contributed by atoms with Gasteiger partial charge < -0.3 is 14.7 Å². The van der Waals surface area contributed by atoms with E-state index in [-0.39, 0.29) is 6.10 Å². The fourth-order valence-electron chi connectivity index (χ4n) is 3.24. The molecule has 0 amide bonds. The van der Waals surface area contributed by atoms with Gasteiger partial charge in [0.05, 0.1) is 5.71 Å². The Kier molecular flexibility index (Phi) is 6.60. The first-order valence-corrected chi connectivity index (χ1v) is 9.36. The lowest BCUT2D eigenvalue weighted by molar-refractivity contribution is -0.149. The van der Waals surface area contributed by atoms with Crippen LogP contribution >= 0.6 is 0 Å². The van der Waals surface area contributed by atoms with Gasteiger partial charge in [-0.05, 0) is 42.5 Å². The normalized spacial score (nSPS) is 17.2. The number of hydrogen-bond donors (Lipinski definition) is 1. The number of aliphatic carboxylic acids is 1. The van der Waals surface area contributed by atoms with Gasteiger partial charge >= 0.3 is 5.97 Å². The highest BCUT2D eigenvalue weighted by atomic mass is 16.6. The van der Waals surface area contributed by atoms with Gasteiger partial charge in [0, 0.05) is 19.4 Å². The molecular formula is C22H25NO4. The van der Waals surface area contributed by atoms with Gasteiger partial charge in [-0.25, -0.2) is 4.79 Å². The molecule has 0 radical (unpaired) electrons. The summed E-state index contributed by atoms with van der Waals surface area (Å²) in [6.45, 7) is 2.17. The summed E-state index contributed by atoms with van der Waals surface area (Å²) in [6, 6.07) is 18.2. The maximum absolute atomic E-state index is 11.3. The van der Waals surface area contributed by atoms with Crippen molar-refractivity contribution in [2.24, 2.45) is 5.16 Å². The Morgan fingerprint density at radius 3 is 2.74 bits per heavy atom. The van der Waals surface area contributed by atoms with E-state index in [1.807, 2.05) is 42.5 Å². The molecular weight excluding hydrogens is 342 g/mol. The van der Waals surface area contributed by atoms with Gasteiger partial charge in [-0.15, -0.1) is 0 Å². The molecule has 3 rings (SSSR count). The van der Waals surface area contributed by atoms with Crippen LogP contribution in [-0.4, -0.2) is 35.6 Å². The van der Waals surface area contributed by atoms with Gasteiger partial charge in [0.1, 0.15) is 6.10 Å². The van der Waals surface area contributed by atoms with E-state index in [9.17, 15) is 9.90 Å². The Morgan fingerprint density at radius 1 is 1.22 bits per heavy atom. The summed E-state index contributed by atoms with van der Waals surface area (Å²) in [5, 5.41) is 13.5. The van der Waals surface area contributed by atoms with Crippen LogP contribution in [0.5, 0.6) is 0 Å². The number of nitrogens with zero attached hydrogens (tertiary/aromatic N) is 1. The van der Waals surface area contributed by atoms with E-state index in [1.165, 1.54) is 5.56 Å². The summed E-state index contributed by atoms with van der Waals surface area (Å²) in [5.41, 5.74) is 4.12. The van der Waals surface area contributed by atoms with Crippen molar-refractivity contribution < 1.29 is 19.5 Å². The van der Waals surface area contributed by atoms with E-state index in [1.54, 1.807) is 6.92 Å². The van der Waals surface area contributed by atoms with E-state index < -0.39 is 12.1 Å². The van der Waals surface area contributed by atoms with Gasteiger partial charge in [-0.2, -0.15) is 0 Å². The molecule has 2 aromatic carbocycles. The molecule has 27 heavy (non-hydrogen) atoms. The fourth-order valence-corrected chi connectivity index (χ4v) is 3.24. The Hall–Kier alpha value is -2.66. The number of benzene rings is 2. The fraction of sp³-hybridized carbons (Fsp3) is 0.364. The van der Waals surface area contributed by atoms with Crippen LogP contribution in [-0.2, 0) is 27.2 Å². The van der Waals surface area contributed by atoms with E-state index in [0.717, 1.165) is 36.1 Å². The van der Waals surface area contributed by atoms with Gasteiger partial charge in [-0.1, -0.05) is 53.7 Å². The largest absolute Gasteiger partial charge is 0.479 e. The number of aryl methyl sites for hydroxylation is 1. The zero-order valence-electron chi connectivity index (χ0n) is 15.5. The molecule has 1 N–H and O–H groups in total. The van der Waals surface area contributed by atoms with Crippen LogP contribution in [0.1, 0.15) is 36.5 Å². The topological polar surface area (TPSA) is 68.1 Å². The van der Waals surface area contributed by atoms with Gasteiger partial charge in [0.15, 0.2) is 6.10 Å². The van der Waals surface area contributed by atoms with Crippen LogP contribution in [0, 0.1) is 0 Å². The highest BCUT2D eigenvalue weighted by Gasteiger charge is 2.23. The zero-order valence-corrected chi connectivity index (χ0v) is 15.5. The standard InChI is InChI=1S/C22H25NO4/c1-2-26-21(22(24)25)14-17-9-6-10-18(13-17)20-15-19(27-23-20)12-11-16-7-4-3-5-8-16/h3-10,13,19,21H,2,11-12,14-15H2,1H3,(H,24,25)/t19?,21-/m1/s1. The lowest BCUT2D eigenvalue weighted by atomic mass is 9.98. The van der Waals surface area contributed by atoms with Gasteiger partial charge in [-0.3, -0.25) is 0 Å². The predicted octanol–water partition coefficient (Wildman–Crippen LogP) is 3.84. The third kappa shape index (κ3) is 5.41. The molecule has 1 unspecified atom stereocenters. The molecule has 0 aliphatic carbocycles. The zero-order chi connectivity index (χ0) is 19.1. The average molecular weight is 367 g/mol. The predicted molar refractivity (Wildman–Crippen MR) is 104 cm³/mol. The first kappa shape index (κ1) is 19.1. The van der Waals surface area contributed by atoms with Crippen molar-refractivity contribution in [3.8, 4) is 0 Å². The molecule has 0 bridgehead atoms. The number of carbonyl (C=O) groups is 1. The van der Waals surface area contributed by atoms with E-state index in [4.69, 9.17) is 9.57 Å². The van der Waals surface area contributed by atoms with Crippen molar-refractivity contribution >= 4 is 11.7 Å². The molecule has 1 heterocycles. The van der Waals surface area contributed by atoms with Crippen molar-refractivity contribution in [3.05, 3.63) is 71.3 Å². The maximum Gasteiger partial charge on any atom is 0.333 e. The number of carboxylic acid groups (broad SMARTS) is 1. The summed E-state index contributed by atoms with van der Waals surface area (Å²) in [5.74, 6) is -0.940. The lowest BCUT2D eigenvalue weighted by Crippen LogP contribution is -2.26. The molecule has 0 spiro atoms. The third-order valence-electron chi connectivity index (χ3n) is 4.66. The molecule has 142 valence electrons. The second-order valence-electron chi connectivity index (χ2n) is 6.68. The molecule has 5 nitrogen and oxygen atoms in total. The molecule has 0 fully saturated rings. The molecule has 0 aromatic heterocycles. The van der Waals surface area contributed by atoms with Crippen LogP contribution in [0.25, 0.3) is 0 Å². The average Bonchev–Trinajstić information content (AvgIpc) is 3.16. The molecule has 5 heteroatoms. The summed E-state index contributed by atoms with van der Waals surface area (Å²) in [7, 11) is 0. The SMILES string of the molecule is CCO[C@H](Cc1cccc(C2=NOC(CCc3ccccc3)C2)c1)C(=O)O. The van der Waals surface area contributed by atoms with Crippen LogP contribution in [0.15, 0.2) is 59.8 Å². The Bertz CT molecular complexity index is 788. The second-order valence-corrected chi connectivity index (χ2v) is 6.68. The monoisotopic (exact) mass is 367 g/mol. The highest BCUT2D eigenvalue weighted by Crippen LogP contribution is 2.22. The third-order valence-corrected chi connectivity index (χ3v) is 4.66. The summed E-state index contributed by atoms with van der Waals surface area (Å²) in [6.07, 6.45) is 2.24. The Morgan fingerprint density at radius 2 is 2.00 bits per heavy atom. The Balaban J connectivity index is 1.58. The number of carboxylic acids is 1. The van der Waals surface area contributed by atoms with E-state index in [0.29, 0.717) is 13.0 Å². The molecule has 2 aromatic rings. The van der Waals surface area contributed by atoms with Crippen LogP contribution in [0.4, 0.5) is 0 Å². The van der Waals surface area contributed by atoms with Gasteiger partial charge in [0.2, 0.25) is 0 Å². The second kappa shape index (κ2) is 9.33. The van der Waals surface area contributed by atoms with E-state index in [2.05, 4.69) is 17.3 Å². The smallest absolute Gasteiger partial charge is 0.333 e. The molecule has 2 atom stereocenters. The number of ether oxygens (including phenoxy) is 1. The highest BCUT2D eigenvalue weighted by molar-refractivity contribution is 6.01. The summed E-state index contributed by atoms with van der Waals surface area (Å²) >= 11 is 0. The molecule has 0 saturated carbocycles. The van der Waals surface area contributed by atoms with Crippen molar-refractivity contribution in [1.82, 2.24) is 0 Å². The van der Waals surface area contributed by atoms with Crippen molar-refractivity contribution in [2.75, 3.05) is 6.61 Å². The van der Waals surface area contributed by atoms with E-state index >= 15 is 0 Å². The number of hydrogen-bond acceptors (Lipinski definition) is 4. The van der Waals surface area contributed by atoms with Crippen LogP contribution in [0.2, 0.25) is 0 Å². The first-order valence-electron chi connectivity index (χ1n) is 9.36. The summed E-state index contributed by atoms with van der Waals surface area (Å²) < 4.78 is 5.31. The van der Waals surface area contributed by atoms with Crippen molar-refractivity contribution in [1.29, 1.82) is 0 Å². The first-order chi connectivity index (χ1) is 13.2. The number of oxime groups is 1.